The number of anilines is 2. The molecule has 1 aliphatic rings. The second kappa shape index (κ2) is 7.43. The lowest BCUT2D eigenvalue weighted by Crippen LogP contribution is -2.31. The molecule has 1 saturated carbocycles. The molecule has 1 aromatic heterocycles. The summed E-state index contributed by atoms with van der Waals surface area (Å²) in [6, 6.07) is 0.829. The van der Waals surface area contributed by atoms with Gasteiger partial charge in [-0.3, -0.25) is 4.90 Å². The summed E-state index contributed by atoms with van der Waals surface area (Å²) in [5.74, 6) is 1.89. The van der Waals surface area contributed by atoms with Crippen molar-refractivity contribution in [2.45, 2.75) is 46.1 Å². The SMILES string of the molecule is CCCNc1ncnc(NCCN(CC)C2CC2)c1C. The van der Waals surface area contributed by atoms with Crippen LogP contribution in [-0.2, 0) is 0 Å². The summed E-state index contributed by atoms with van der Waals surface area (Å²) in [5, 5.41) is 6.78. The van der Waals surface area contributed by atoms with Gasteiger partial charge in [-0.05, 0) is 32.7 Å². The van der Waals surface area contributed by atoms with E-state index in [1.54, 1.807) is 6.33 Å². The first-order chi connectivity index (χ1) is 9.76. The molecule has 112 valence electrons. The smallest absolute Gasteiger partial charge is 0.134 e. The Morgan fingerprint density at radius 2 is 1.80 bits per heavy atom. The Kier molecular flexibility index (Phi) is 5.59. The Morgan fingerprint density at radius 1 is 1.15 bits per heavy atom. The molecular formula is C15H27N5. The molecule has 0 saturated heterocycles. The van der Waals surface area contributed by atoms with E-state index in [9.17, 15) is 0 Å². The second-order valence-corrected chi connectivity index (χ2v) is 5.41. The van der Waals surface area contributed by atoms with Crippen molar-refractivity contribution < 1.29 is 0 Å². The lowest BCUT2D eigenvalue weighted by molar-refractivity contribution is 0.289. The lowest BCUT2D eigenvalue weighted by Gasteiger charge is -2.20. The van der Waals surface area contributed by atoms with Crippen molar-refractivity contribution in [3.63, 3.8) is 0 Å². The van der Waals surface area contributed by atoms with Crippen molar-refractivity contribution in [3.05, 3.63) is 11.9 Å². The molecule has 0 aromatic carbocycles. The zero-order valence-corrected chi connectivity index (χ0v) is 12.9. The summed E-state index contributed by atoms with van der Waals surface area (Å²) >= 11 is 0. The third-order valence-corrected chi connectivity index (χ3v) is 3.79. The Morgan fingerprint density at radius 3 is 2.35 bits per heavy atom. The highest BCUT2D eigenvalue weighted by Gasteiger charge is 2.27. The summed E-state index contributed by atoms with van der Waals surface area (Å²) in [6.07, 6.45) is 5.46. The zero-order chi connectivity index (χ0) is 14.4. The summed E-state index contributed by atoms with van der Waals surface area (Å²) in [7, 11) is 0. The predicted molar refractivity (Wildman–Crippen MR) is 84.3 cm³/mol. The van der Waals surface area contributed by atoms with Crippen LogP contribution in [0.1, 0.15) is 38.7 Å². The van der Waals surface area contributed by atoms with Crippen LogP contribution in [0.15, 0.2) is 6.33 Å². The van der Waals surface area contributed by atoms with Gasteiger partial charge in [0.15, 0.2) is 0 Å². The molecule has 2 N–H and O–H groups in total. The van der Waals surface area contributed by atoms with E-state index in [1.807, 2.05) is 0 Å². The van der Waals surface area contributed by atoms with Crippen LogP contribution in [0, 0.1) is 6.92 Å². The Balaban J connectivity index is 1.85. The molecule has 1 aliphatic carbocycles. The van der Waals surface area contributed by atoms with E-state index in [0.717, 1.165) is 55.8 Å². The maximum atomic E-state index is 4.35. The molecule has 1 aromatic rings. The number of hydrogen-bond donors (Lipinski definition) is 2. The first kappa shape index (κ1) is 15.0. The van der Waals surface area contributed by atoms with Gasteiger partial charge in [-0.25, -0.2) is 9.97 Å². The fourth-order valence-electron chi connectivity index (χ4n) is 2.41. The van der Waals surface area contributed by atoms with Gasteiger partial charge >= 0.3 is 0 Å². The molecular weight excluding hydrogens is 250 g/mol. The monoisotopic (exact) mass is 277 g/mol. The van der Waals surface area contributed by atoms with Crippen LogP contribution in [0.25, 0.3) is 0 Å². The molecule has 0 bridgehead atoms. The summed E-state index contributed by atoms with van der Waals surface area (Å²) in [5.41, 5.74) is 1.11. The van der Waals surface area contributed by atoms with Crippen molar-refractivity contribution in [2.24, 2.45) is 0 Å². The summed E-state index contributed by atoms with van der Waals surface area (Å²) in [6.45, 7) is 10.6. The van der Waals surface area contributed by atoms with E-state index in [4.69, 9.17) is 0 Å². The van der Waals surface area contributed by atoms with Gasteiger partial charge < -0.3 is 10.6 Å². The van der Waals surface area contributed by atoms with Crippen LogP contribution in [0.5, 0.6) is 0 Å². The minimum atomic E-state index is 0.829. The van der Waals surface area contributed by atoms with Crippen LogP contribution in [0.2, 0.25) is 0 Å². The molecule has 2 rings (SSSR count). The molecule has 0 radical (unpaired) electrons. The number of aromatic nitrogens is 2. The Bertz CT molecular complexity index is 417. The molecule has 5 nitrogen and oxygen atoms in total. The molecule has 1 heterocycles. The van der Waals surface area contributed by atoms with Crippen molar-refractivity contribution in [1.82, 2.24) is 14.9 Å². The fraction of sp³-hybridized carbons (Fsp3) is 0.733. The maximum absolute atomic E-state index is 4.35. The number of likely N-dealkylation sites (N-methyl/N-ethyl adjacent to an activating group) is 1. The van der Waals surface area contributed by atoms with Crippen molar-refractivity contribution in [2.75, 3.05) is 36.8 Å². The van der Waals surface area contributed by atoms with Gasteiger partial charge in [0.25, 0.3) is 0 Å². The Hall–Kier alpha value is -1.36. The fourth-order valence-corrected chi connectivity index (χ4v) is 2.41. The molecule has 0 unspecified atom stereocenters. The second-order valence-electron chi connectivity index (χ2n) is 5.41. The maximum Gasteiger partial charge on any atom is 0.134 e. The molecule has 0 atom stereocenters. The highest BCUT2D eigenvalue weighted by Crippen LogP contribution is 2.26. The van der Waals surface area contributed by atoms with Crippen molar-refractivity contribution >= 4 is 11.6 Å². The van der Waals surface area contributed by atoms with Crippen LogP contribution >= 0.6 is 0 Å². The molecule has 0 amide bonds. The van der Waals surface area contributed by atoms with E-state index >= 15 is 0 Å². The highest BCUT2D eigenvalue weighted by atomic mass is 15.2. The van der Waals surface area contributed by atoms with Crippen molar-refractivity contribution in [1.29, 1.82) is 0 Å². The summed E-state index contributed by atoms with van der Waals surface area (Å²) < 4.78 is 0. The first-order valence-corrected chi connectivity index (χ1v) is 7.79. The van der Waals surface area contributed by atoms with E-state index < -0.39 is 0 Å². The average molecular weight is 277 g/mol. The zero-order valence-electron chi connectivity index (χ0n) is 12.9. The van der Waals surface area contributed by atoms with E-state index in [0.29, 0.717) is 0 Å². The molecule has 0 aliphatic heterocycles. The van der Waals surface area contributed by atoms with Crippen molar-refractivity contribution in [3.8, 4) is 0 Å². The van der Waals surface area contributed by atoms with E-state index in [1.165, 1.54) is 12.8 Å². The quantitative estimate of drug-likeness (QED) is 0.726. The van der Waals surface area contributed by atoms with Gasteiger partial charge in [-0.1, -0.05) is 13.8 Å². The largest absolute Gasteiger partial charge is 0.370 e. The van der Waals surface area contributed by atoms with Gasteiger partial charge in [0.2, 0.25) is 0 Å². The third-order valence-electron chi connectivity index (χ3n) is 3.79. The van der Waals surface area contributed by atoms with E-state index in [2.05, 4.69) is 46.3 Å². The van der Waals surface area contributed by atoms with Crippen LogP contribution in [0.3, 0.4) is 0 Å². The standard InChI is InChI=1S/C15H27N5/c1-4-8-16-14-12(3)15(19-11-18-14)17-9-10-20(5-2)13-6-7-13/h11,13H,4-10H2,1-3H3,(H2,16,17,18,19). The van der Waals surface area contributed by atoms with Gasteiger partial charge in [0.05, 0.1) is 0 Å². The van der Waals surface area contributed by atoms with Crippen LogP contribution in [0.4, 0.5) is 11.6 Å². The molecule has 1 fully saturated rings. The lowest BCUT2D eigenvalue weighted by atomic mass is 10.3. The molecule has 5 heteroatoms. The first-order valence-electron chi connectivity index (χ1n) is 7.79. The topological polar surface area (TPSA) is 53.1 Å². The van der Waals surface area contributed by atoms with E-state index in [-0.39, 0.29) is 0 Å². The minimum Gasteiger partial charge on any atom is -0.370 e. The minimum absolute atomic E-state index is 0.829. The molecule has 20 heavy (non-hydrogen) atoms. The normalized spacial score (nSPS) is 14.6. The van der Waals surface area contributed by atoms with Crippen LogP contribution < -0.4 is 10.6 Å². The number of rotatable bonds is 9. The molecule has 0 spiro atoms. The van der Waals surface area contributed by atoms with Gasteiger partial charge in [0.1, 0.15) is 18.0 Å². The number of hydrogen-bond acceptors (Lipinski definition) is 5. The third kappa shape index (κ3) is 4.07. The number of nitrogens with one attached hydrogen (secondary N) is 2. The average Bonchev–Trinajstić information content (AvgIpc) is 3.28. The van der Waals surface area contributed by atoms with Gasteiger partial charge in [0, 0.05) is 31.2 Å². The highest BCUT2D eigenvalue weighted by molar-refractivity contribution is 5.56. The predicted octanol–water partition coefficient (Wildman–Crippen LogP) is 2.50. The van der Waals surface area contributed by atoms with Gasteiger partial charge in [-0.2, -0.15) is 0 Å². The van der Waals surface area contributed by atoms with Crippen LogP contribution in [-0.4, -0.2) is 47.1 Å². The Labute approximate surface area is 122 Å². The van der Waals surface area contributed by atoms with Gasteiger partial charge in [-0.15, -0.1) is 0 Å². The number of nitrogens with zero attached hydrogens (tertiary/aromatic N) is 3. The summed E-state index contributed by atoms with van der Waals surface area (Å²) in [4.78, 5) is 11.2.